The van der Waals surface area contributed by atoms with E-state index in [1.165, 1.54) is 30.7 Å². The van der Waals surface area contributed by atoms with E-state index in [4.69, 9.17) is 0 Å². The summed E-state index contributed by atoms with van der Waals surface area (Å²) in [5.74, 6) is -0.0680. The maximum absolute atomic E-state index is 12.8. The Bertz CT molecular complexity index is 529. The van der Waals surface area contributed by atoms with Gasteiger partial charge in [-0.05, 0) is 49.4 Å². The molecule has 2 aliphatic rings. The summed E-state index contributed by atoms with van der Waals surface area (Å²) in [6, 6.07) is 5.69. The third-order valence-corrected chi connectivity index (χ3v) is 4.09. The number of carbonyl (C=O) groups excluding carboxylic acids is 2. The van der Waals surface area contributed by atoms with Crippen LogP contribution in [0.25, 0.3) is 0 Å². The zero-order chi connectivity index (χ0) is 14.1. The Labute approximate surface area is 117 Å². The van der Waals surface area contributed by atoms with Gasteiger partial charge in [-0.3, -0.25) is 9.59 Å². The number of fused-ring (bicyclic) bond motifs is 1. The molecule has 1 saturated carbocycles. The summed E-state index contributed by atoms with van der Waals surface area (Å²) in [6.45, 7) is 0.811. The molecule has 1 saturated heterocycles. The lowest BCUT2D eigenvalue weighted by atomic mass is 10.1. The van der Waals surface area contributed by atoms with Crippen molar-refractivity contribution in [2.45, 2.75) is 25.3 Å². The fraction of sp³-hybridized carbons (Fsp3) is 0.467. The van der Waals surface area contributed by atoms with Crippen molar-refractivity contribution in [2.75, 3.05) is 13.1 Å². The highest BCUT2D eigenvalue weighted by molar-refractivity contribution is 5.96. The molecule has 1 N–H and O–H groups in total. The van der Waals surface area contributed by atoms with Gasteiger partial charge in [-0.1, -0.05) is 0 Å². The summed E-state index contributed by atoms with van der Waals surface area (Å²) >= 11 is 0. The molecule has 20 heavy (non-hydrogen) atoms. The monoisotopic (exact) mass is 276 g/mol. The van der Waals surface area contributed by atoms with Crippen molar-refractivity contribution in [3.63, 3.8) is 0 Å². The van der Waals surface area contributed by atoms with Crippen molar-refractivity contribution >= 4 is 11.8 Å². The van der Waals surface area contributed by atoms with Crippen LogP contribution in [0.5, 0.6) is 0 Å². The van der Waals surface area contributed by atoms with Crippen molar-refractivity contribution in [2.24, 2.45) is 5.92 Å². The minimum absolute atomic E-state index is 0.0133. The predicted octanol–water partition coefficient (Wildman–Crippen LogP) is 1.57. The Morgan fingerprint density at radius 2 is 2.05 bits per heavy atom. The third kappa shape index (κ3) is 2.66. The summed E-state index contributed by atoms with van der Waals surface area (Å²) in [5.41, 5.74) is 0.363. The van der Waals surface area contributed by atoms with Crippen LogP contribution in [-0.2, 0) is 4.79 Å². The number of nitrogens with zero attached hydrogens (tertiary/aromatic N) is 1. The van der Waals surface area contributed by atoms with E-state index in [1.54, 1.807) is 0 Å². The van der Waals surface area contributed by atoms with Crippen LogP contribution in [0.4, 0.5) is 4.39 Å². The van der Waals surface area contributed by atoms with E-state index in [0.29, 0.717) is 17.5 Å². The van der Waals surface area contributed by atoms with E-state index in [9.17, 15) is 14.0 Å². The van der Waals surface area contributed by atoms with Crippen LogP contribution < -0.4 is 5.32 Å². The highest BCUT2D eigenvalue weighted by atomic mass is 19.1. The molecule has 0 bridgehead atoms. The van der Waals surface area contributed by atoms with Crippen LogP contribution in [0.1, 0.15) is 29.6 Å². The van der Waals surface area contributed by atoms with Gasteiger partial charge >= 0.3 is 0 Å². The molecular formula is C15H17FN2O2. The largest absolute Gasteiger partial charge is 0.343 e. The molecule has 1 aromatic rings. The zero-order valence-corrected chi connectivity index (χ0v) is 11.1. The van der Waals surface area contributed by atoms with Gasteiger partial charge < -0.3 is 10.2 Å². The highest BCUT2D eigenvalue weighted by Gasteiger charge is 2.45. The quantitative estimate of drug-likeness (QED) is 0.911. The SMILES string of the molecule is O=C(NCC(=O)N1CCCC2CC21)c1ccc(F)cc1. The number of hydrogen-bond acceptors (Lipinski definition) is 2. The molecule has 0 radical (unpaired) electrons. The number of hydrogen-bond donors (Lipinski definition) is 1. The molecule has 3 rings (SSSR count). The van der Waals surface area contributed by atoms with Gasteiger partial charge in [-0.25, -0.2) is 4.39 Å². The minimum atomic E-state index is -0.384. The fourth-order valence-corrected chi connectivity index (χ4v) is 2.88. The van der Waals surface area contributed by atoms with E-state index in [1.807, 2.05) is 4.90 Å². The van der Waals surface area contributed by atoms with Gasteiger partial charge in [0, 0.05) is 18.2 Å². The van der Waals surface area contributed by atoms with Gasteiger partial charge in [0.05, 0.1) is 6.54 Å². The number of likely N-dealkylation sites (tertiary alicyclic amines) is 1. The number of benzene rings is 1. The average Bonchev–Trinajstić information content (AvgIpc) is 3.24. The summed E-state index contributed by atoms with van der Waals surface area (Å²) < 4.78 is 12.8. The molecule has 4 nitrogen and oxygen atoms in total. The van der Waals surface area contributed by atoms with Gasteiger partial charge in [-0.15, -0.1) is 0 Å². The second-order valence-electron chi connectivity index (χ2n) is 5.48. The van der Waals surface area contributed by atoms with Gasteiger partial charge in [-0.2, -0.15) is 0 Å². The van der Waals surface area contributed by atoms with Crippen LogP contribution in [0.2, 0.25) is 0 Å². The van der Waals surface area contributed by atoms with Crippen LogP contribution in [0.15, 0.2) is 24.3 Å². The first-order valence-corrected chi connectivity index (χ1v) is 6.98. The van der Waals surface area contributed by atoms with Crippen molar-refractivity contribution in [3.8, 4) is 0 Å². The van der Waals surface area contributed by atoms with Gasteiger partial charge in [0.1, 0.15) is 5.82 Å². The first-order valence-electron chi connectivity index (χ1n) is 6.98. The molecule has 0 spiro atoms. The molecule has 2 fully saturated rings. The van der Waals surface area contributed by atoms with E-state index in [2.05, 4.69) is 5.32 Å². The Balaban J connectivity index is 1.52. The third-order valence-electron chi connectivity index (χ3n) is 4.09. The molecule has 1 aliphatic carbocycles. The molecule has 0 aromatic heterocycles. The van der Waals surface area contributed by atoms with Crippen LogP contribution in [-0.4, -0.2) is 35.8 Å². The van der Waals surface area contributed by atoms with Gasteiger partial charge in [0.2, 0.25) is 5.91 Å². The van der Waals surface area contributed by atoms with Crippen LogP contribution in [0.3, 0.4) is 0 Å². The summed E-state index contributed by atoms with van der Waals surface area (Å²) in [5, 5.41) is 2.60. The number of amides is 2. The van der Waals surface area contributed by atoms with Gasteiger partial charge in [0.15, 0.2) is 0 Å². The Hall–Kier alpha value is -1.91. The number of carbonyl (C=O) groups is 2. The average molecular weight is 276 g/mol. The molecule has 106 valence electrons. The number of nitrogens with one attached hydrogen (secondary N) is 1. The van der Waals surface area contributed by atoms with E-state index in [0.717, 1.165) is 19.4 Å². The molecule has 1 aliphatic heterocycles. The zero-order valence-electron chi connectivity index (χ0n) is 11.1. The maximum Gasteiger partial charge on any atom is 0.251 e. The predicted molar refractivity (Wildman–Crippen MR) is 71.6 cm³/mol. The molecule has 2 atom stereocenters. The summed E-state index contributed by atoms with van der Waals surface area (Å²) in [6.07, 6.45) is 3.38. The molecule has 1 aromatic carbocycles. The van der Waals surface area contributed by atoms with Crippen molar-refractivity contribution in [1.82, 2.24) is 10.2 Å². The van der Waals surface area contributed by atoms with Crippen LogP contribution >= 0.6 is 0 Å². The summed E-state index contributed by atoms with van der Waals surface area (Å²) in [4.78, 5) is 25.8. The first-order chi connectivity index (χ1) is 9.65. The molecule has 1 heterocycles. The second kappa shape index (κ2) is 5.23. The molecule has 2 amide bonds. The topological polar surface area (TPSA) is 49.4 Å². The van der Waals surface area contributed by atoms with E-state index >= 15 is 0 Å². The standard InChI is InChI=1S/C15H17FN2O2/c16-12-5-3-10(4-6-12)15(20)17-9-14(19)18-7-1-2-11-8-13(11)18/h3-6,11,13H,1-2,7-9H2,(H,17,20). The fourth-order valence-electron chi connectivity index (χ4n) is 2.88. The first kappa shape index (κ1) is 13.1. The van der Waals surface area contributed by atoms with Crippen molar-refractivity contribution < 1.29 is 14.0 Å². The smallest absolute Gasteiger partial charge is 0.251 e. The molecule has 2 unspecified atom stereocenters. The van der Waals surface area contributed by atoms with E-state index < -0.39 is 0 Å². The minimum Gasteiger partial charge on any atom is -0.343 e. The second-order valence-corrected chi connectivity index (χ2v) is 5.48. The maximum atomic E-state index is 12.8. The number of rotatable bonds is 3. The van der Waals surface area contributed by atoms with Gasteiger partial charge in [0.25, 0.3) is 5.91 Å². The Morgan fingerprint density at radius 3 is 2.80 bits per heavy atom. The number of halogens is 1. The van der Waals surface area contributed by atoms with Crippen LogP contribution in [0, 0.1) is 11.7 Å². The molecule has 5 heteroatoms. The lowest BCUT2D eigenvalue weighted by Gasteiger charge is -2.26. The lowest BCUT2D eigenvalue weighted by Crippen LogP contribution is -2.43. The highest BCUT2D eigenvalue weighted by Crippen LogP contribution is 2.42. The lowest BCUT2D eigenvalue weighted by molar-refractivity contribution is -0.131. The Morgan fingerprint density at radius 1 is 1.30 bits per heavy atom. The normalized spacial score (nSPS) is 23.9. The van der Waals surface area contributed by atoms with Crippen molar-refractivity contribution in [1.29, 1.82) is 0 Å². The van der Waals surface area contributed by atoms with E-state index in [-0.39, 0.29) is 24.2 Å². The molecular weight excluding hydrogens is 259 g/mol. The number of piperidine rings is 1. The van der Waals surface area contributed by atoms with Crippen molar-refractivity contribution in [3.05, 3.63) is 35.6 Å². The Kier molecular flexibility index (Phi) is 3.42. The summed E-state index contributed by atoms with van der Waals surface area (Å²) in [7, 11) is 0.